The van der Waals surface area contributed by atoms with Crippen LogP contribution >= 0.6 is 12.4 Å². The van der Waals surface area contributed by atoms with Gasteiger partial charge in [0, 0.05) is 37.9 Å². The van der Waals surface area contributed by atoms with Gasteiger partial charge in [0.25, 0.3) is 0 Å². The van der Waals surface area contributed by atoms with Crippen molar-refractivity contribution in [3.8, 4) is 0 Å². The number of carbonyl (C=O) groups excluding carboxylic acids is 1. The molecule has 0 aliphatic carbocycles. The molecule has 1 atom stereocenters. The van der Waals surface area contributed by atoms with E-state index in [9.17, 15) is 4.79 Å². The molecule has 0 bridgehead atoms. The summed E-state index contributed by atoms with van der Waals surface area (Å²) in [7, 11) is 0. The van der Waals surface area contributed by atoms with E-state index in [4.69, 9.17) is 0 Å². The van der Waals surface area contributed by atoms with Gasteiger partial charge in [0.2, 0.25) is 5.91 Å². The largest absolute Gasteiger partial charge is 0.368 e. The topological polar surface area (TPSA) is 26.8 Å². The second-order valence-electron chi connectivity index (χ2n) is 6.52. The van der Waals surface area contributed by atoms with Gasteiger partial charge in [-0.25, -0.2) is 0 Å². The maximum atomic E-state index is 12.5. The highest BCUT2D eigenvalue weighted by Gasteiger charge is 2.25. The van der Waals surface area contributed by atoms with Crippen LogP contribution in [0.25, 0.3) is 0 Å². The number of likely N-dealkylation sites (tertiary alicyclic amines) is 1. The maximum absolute atomic E-state index is 12.5. The second-order valence-corrected chi connectivity index (χ2v) is 6.52. The molecule has 1 unspecified atom stereocenters. The van der Waals surface area contributed by atoms with Gasteiger partial charge in [-0.15, -0.1) is 12.4 Å². The Bertz CT molecular complexity index is 488. The van der Waals surface area contributed by atoms with Crippen molar-refractivity contribution in [2.24, 2.45) is 0 Å². The standard InChI is InChI=1S/C18H27N3O.ClH/c1-16-7-5-6-10-21(16)15-18(22)20-13-11-19(12-14-20)17-8-3-2-4-9-17;/h2-4,8-9,16H,5-7,10-15H2,1H3;1H. The molecular formula is C18H28ClN3O. The number of carbonyl (C=O) groups is 1. The highest BCUT2D eigenvalue weighted by atomic mass is 35.5. The third-order valence-electron chi connectivity index (χ3n) is 5.03. The predicted molar refractivity (Wildman–Crippen MR) is 97.4 cm³/mol. The summed E-state index contributed by atoms with van der Waals surface area (Å²) in [4.78, 5) is 19.3. The fraction of sp³-hybridized carbons (Fsp3) is 0.611. The number of piperidine rings is 1. The molecule has 4 nitrogen and oxygen atoms in total. The lowest BCUT2D eigenvalue weighted by atomic mass is 10.0. The Morgan fingerprint density at radius 2 is 1.74 bits per heavy atom. The van der Waals surface area contributed by atoms with Crippen LogP contribution in [0.3, 0.4) is 0 Å². The van der Waals surface area contributed by atoms with Crippen molar-refractivity contribution in [1.82, 2.24) is 9.80 Å². The molecule has 128 valence electrons. The lowest BCUT2D eigenvalue weighted by Gasteiger charge is -2.38. The van der Waals surface area contributed by atoms with Gasteiger partial charge in [0.05, 0.1) is 6.54 Å². The van der Waals surface area contributed by atoms with Crippen molar-refractivity contribution in [2.75, 3.05) is 44.2 Å². The molecule has 3 rings (SSSR count). The van der Waals surface area contributed by atoms with Crippen molar-refractivity contribution in [2.45, 2.75) is 32.2 Å². The number of amides is 1. The third kappa shape index (κ3) is 4.61. The van der Waals surface area contributed by atoms with Gasteiger partial charge in [-0.1, -0.05) is 24.6 Å². The molecule has 2 fully saturated rings. The average molecular weight is 338 g/mol. The molecule has 2 aliphatic rings. The quantitative estimate of drug-likeness (QED) is 0.848. The van der Waals surface area contributed by atoms with E-state index in [0.29, 0.717) is 18.5 Å². The molecule has 1 aromatic carbocycles. The number of hydrogen-bond acceptors (Lipinski definition) is 3. The molecule has 0 radical (unpaired) electrons. The fourth-order valence-corrected chi connectivity index (χ4v) is 3.52. The lowest BCUT2D eigenvalue weighted by Crippen LogP contribution is -2.52. The first-order valence-electron chi connectivity index (χ1n) is 8.56. The van der Waals surface area contributed by atoms with Crippen LogP contribution in [0.5, 0.6) is 0 Å². The van der Waals surface area contributed by atoms with Crippen LogP contribution in [-0.4, -0.2) is 61.0 Å². The van der Waals surface area contributed by atoms with Gasteiger partial charge in [-0.2, -0.15) is 0 Å². The zero-order valence-corrected chi connectivity index (χ0v) is 14.8. The highest BCUT2D eigenvalue weighted by molar-refractivity contribution is 5.85. The SMILES string of the molecule is CC1CCCCN1CC(=O)N1CCN(c2ccccc2)CC1.Cl. The van der Waals surface area contributed by atoms with Gasteiger partial charge in [-0.05, 0) is 38.4 Å². The summed E-state index contributed by atoms with van der Waals surface area (Å²) >= 11 is 0. The summed E-state index contributed by atoms with van der Waals surface area (Å²) in [5.74, 6) is 0.307. The van der Waals surface area contributed by atoms with E-state index in [-0.39, 0.29) is 12.4 Å². The molecule has 2 heterocycles. The number of nitrogens with zero attached hydrogens (tertiary/aromatic N) is 3. The Morgan fingerprint density at radius 3 is 2.39 bits per heavy atom. The van der Waals surface area contributed by atoms with Crippen molar-refractivity contribution < 1.29 is 4.79 Å². The van der Waals surface area contributed by atoms with E-state index in [1.807, 2.05) is 11.0 Å². The van der Waals surface area contributed by atoms with Crippen molar-refractivity contribution in [3.63, 3.8) is 0 Å². The normalized spacial score (nSPS) is 22.6. The summed E-state index contributed by atoms with van der Waals surface area (Å²) in [5, 5.41) is 0. The Balaban J connectivity index is 0.00000192. The van der Waals surface area contributed by atoms with Crippen LogP contribution in [-0.2, 0) is 4.79 Å². The summed E-state index contributed by atoms with van der Waals surface area (Å²) < 4.78 is 0. The Kier molecular flexibility index (Phi) is 6.72. The molecule has 0 N–H and O–H groups in total. The molecule has 0 spiro atoms. The van der Waals surface area contributed by atoms with Gasteiger partial charge < -0.3 is 9.80 Å². The molecule has 23 heavy (non-hydrogen) atoms. The number of benzene rings is 1. The molecule has 0 aromatic heterocycles. The first-order chi connectivity index (χ1) is 10.7. The van der Waals surface area contributed by atoms with Crippen LogP contribution in [0.2, 0.25) is 0 Å². The van der Waals surface area contributed by atoms with Crippen LogP contribution in [0.1, 0.15) is 26.2 Å². The second kappa shape index (κ2) is 8.55. The molecular weight excluding hydrogens is 310 g/mol. The molecule has 1 amide bonds. The van der Waals surface area contributed by atoms with Crippen LogP contribution < -0.4 is 4.90 Å². The van der Waals surface area contributed by atoms with E-state index in [0.717, 1.165) is 32.7 Å². The van der Waals surface area contributed by atoms with E-state index in [1.54, 1.807) is 0 Å². The Labute approximate surface area is 145 Å². The third-order valence-corrected chi connectivity index (χ3v) is 5.03. The number of halogens is 1. The molecule has 2 saturated heterocycles. The molecule has 5 heteroatoms. The number of anilines is 1. The predicted octanol–water partition coefficient (Wildman–Crippen LogP) is 2.63. The van der Waals surface area contributed by atoms with Gasteiger partial charge in [0.15, 0.2) is 0 Å². The van der Waals surface area contributed by atoms with Crippen molar-refractivity contribution in [3.05, 3.63) is 30.3 Å². The summed E-state index contributed by atoms with van der Waals surface area (Å²) in [6.45, 7) is 7.49. The fourth-order valence-electron chi connectivity index (χ4n) is 3.52. The zero-order chi connectivity index (χ0) is 15.4. The number of rotatable bonds is 3. The van der Waals surface area contributed by atoms with E-state index in [2.05, 4.69) is 41.0 Å². The van der Waals surface area contributed by atoms with Gasteiger partial charge in [-0.3, -0.25) is 9.69 Å². The van der Waals surface area contributed by atoms with Crippen LogP contribution in [0.4, 0.5) is 5.69 Å². The Hall–Kier alpha value is -1.26. The minimum Gasteiger partial charge on any atom is -0.368 e. The highest BCUT2D eigenvalue weighted by Crippen LogP contribution is 2.18. The van der Waals surface area contributed by atoms with Gasteiger partial charge in [0.1, 0.15) is 0 Å². The first kappa shape index (κ1) is 18.1. The summed E-state index contributed by atoms with van der Waals surface area (Å²) in [6.07, 6.45) is 3.77. The van der Waals surface area contributed by atoms with E-state index in [1.165, 1.54) is 24.9 Å². The van der Waals surface area contributed by atoms with E-state index < -0.39 is 0 Å². The van der Waals surface area contributed by atoms with Crippen LogP contribution in [0.15, 0.2) is 30.3 Å². The number of piperazine rings is 1. The number of para-hydroxylation sites is 1. The Morgan fingerprint density at radius 1 is 1.04 bits per heavy atom. The molecule has 2 aliphatic heterocycles. The first-order valence-corrected chi connectivity index (χ1v) is 8.56. The van der Waals surface area contributed by atoms with Crippen LogP contribution in [0, 0.1) is 0 Å². The van der Waals surface area contributed by atoms with Crippen molar-refractivity contribution in [1.29, 1.82) is 0 Å². The van der Waals surface area contributed by atoms with Gasteiger partial charge >= 0.3 is 0 Å². The minimum absolute atomic E-state index is 0. The zero-order valence-electron chi connectivity index (χ0n) is 14.0. The average Bonchev–Trinajstić information content (AvgIpc) is 2.58. The summed E-state index contributed by atoms with van der Waals surface area (Å²) in [5.41, 5.74) is 1.26. The minimum atomic E-state index is 0. The smallest absolute Gasteiger partial charge is 0.236 e. The maximum Gasteiger partial charge on any atom is 0.236 e. The number of hydrogen-bond donors (Lipinski definition) is 0. The van der Waals surface area contributed by atoms with Crippen molar-refractivity contribution >= 4 is 24.0 Å². The molecule has 1 aromatic rings. The summed E-state index contributed by atoms with van der Waals surface area (Å²) in [6, 6.07) is 11.0. The lowest BCUT2D eigenvalue weighted by molar-refractivity contribution is -0.133. The monoisotopic (exact) mass is 337 g/mol. The van der Waals surface area contributed by atoms with E-state index >= 15 is 0 Å². The molecule has 0 saturated carbocycles.